The Hall–Kier alpha value is -3.41. The number of allylic oxidation sites excluding steroid dienone is 1. The summed E-state index contributed by atoms with van der Waals surface area (Å²) in [7, 11) is 0. The first-order valence-electron chi connectivity index (χ1n) is 8.89. The quantitative estimate of drug-likeness (QED) is 0.764. The number of ether oxygens (including phenoxy) is 1. The van der Waals surface area contributed by atoms with Crippen LogP contribution < -0.4 is 10.6 Å². The van der Waals surface area contributed by atoms with Gasteiger partial charge in [-0.25, -0.2) is 4.39 Å². The molecule has 2 aliphatic heterocycles. The maximum atomic E-state index is 13.5. The Morgan fingerprint density at radius 3 is 2.71 bits per heavy atom. The maximum absolute atomic E-state index is 13.5. The van der Waals surface area contributed by atoms with Crippen molar-refractivity contribution in [2.75, 3.05) is 10.6 Å². The predicted molar refractivity (Wildman–Crippen MR) is 106 cm³/mol. The van der Waals surface area contributed by atoms with Gasteiger partial charge in [-0.1, -0.05) is 12.1 Å². The molecular formula is C22H19FN2O3. The van der Waals surface area contributed by atoms with Gasteiger partial charge in [0.2, 0.25) is 5.91 Å². The molecule has 6 heteroatoms. The van der Waals surface area contributed by atoms with Crippen LogP contribution in [0, 0.1) is 5.82 Å². The minimum absolute atomic E-state index is 0.151. The van der Waals surface area contributed by atoms with Gasteiger partial charge in [0.1, 0.15) is 17.2 Å². The lowest BCUT2D eigenvalue weighted by Gasteiger charge is -2.23. The van der Waals surface area contributed by atoms with Gasteiger partial charge in [-0.3, -0.25) is 9.59 Å². The van der Waals surface area contributed by atoms with E-state index < -0.39 is 11.4 Å². The van der Waals surface area contributed by atoms with Gasteiger partial charge in [-0.2, -0.15) is 0 Å². The van der Waals surface area contributed by atoms with Gasteiger partial charge < -0.3 is 15.4 Å². The molecule has 28 heavy (non-hydrogen) atoms. The zero-order chi connectivity index (χ0) is 20.1. The van der Waals surface area contributed by atoms with Crippen LogP contribution in [-0.4, -0.2) is 17.4 Å². The molecule has 0 aromatic heterocycles. The van der Waals surface area contributed by atoms with E-state index >= 15 is 0 Å². The lowest BCUT2D eigenvalue weighted by Crippen LogP contribution is -2.21. The number of rotatable bonds is 2. The summed E-state index contributed by atoms with van der Waals surface area (Å²) in [5.74, 6) is -0.449. The van der Waals surface area contributed by atoms with Crippen LogP contribution in [-0.2, 0) is 14.3 Å². The molecule has 0 saturated carbocycles. The fourth-order valence-corrected chi connectivity index (χ4v) is 3.58. The third kappa shape index (κ3) is 3.07. The molecule has 5 nitrogen and oxygen atoms in total. The van der Waals surface area contributed by atoms with E-state index in [0.717, 1.165) is 11.1 Å². The van der Waals surface area contributed by atoms with Gasteiger partial charge in [0.25, 0.3) is 5.91 Å². The number of fused-ring (bicyclic) bond motifs is 1. The summed E-state index contributed by atoms with van der Waals surface area (Å²) < 4.78 is 19.6. The van der Waals surface area contributed by atoms with Crippen LogP contribution in [0.2, 0.25) is 0 Å². The van der Waals surface area contributed by atoms with Crippen molar-refractivity contribution in [2.45, 2.75) is 26.4 Å². The molecule has 0 radical (unpaired) electrons. The van der Waals surface area contributed by atoms with Gasteiger partial charge in [-0.15, -0.1) is 0 Å². The SMILES string of the molecule is CC(=O)Nc1cccc(C2=C/C(=C3/C(=O)Nc4cc(F)ccc43)OC2(C)C)c1. The van der Waals surface area contributed by atoms with E-state index in [1.165, 1.54) is 19.1 Å². The Morgan fingerprint density at radius 1 is 1.18 bits per heavy atom. The van der Waals surface area contributed by atoms with Crippen molar-refractivity contribution in [2.24, 2.45) is 0 Å². The number of amides is 2. The van der Waals surface area contributed by atoms with E-state index in [4.69, 9.17) is 4.74 Å². The molecule has 0 aliphatic carbocycles. The third-order valence-corrected chi connectivity index (χ3v) is 4.76. The number of hydrogen-bond donors (Lipinski definition) is 2. The molecule has 4 rings (SSSR count). The lowest BCUT2D eigenvalue weighted by molar-refractivity contribution is -0.114. The molecule has 2 aromatic carbocycles. The van der Waals surface area contributed by atoms with E-state index in [0.29, 0.717) is 28.3 Å². The number of hydrogen-bond acceptors (Lipinski definition) is 3. The first kappa shape index (κ1) is 18.0. The summed E-state index contributed by atoms with van der Waals surface area (Å²) in [4.78, 5) is 23.9. The van der Waals surface area contributed by atoms with Crippen LogP contribution in [0.1, 0.15) is 31.9 Å². The largest absolute Gasteiger partial charge is 0.482 e. The van der Waals surface area contributed by atoms with Crippen LogP contribution >= 0.6 is 0 Å². The Bertz CT molecular complexity index is 1080. The number of carbonyl (C=O) groups excluding carboxylic acids is 2. The molecule has 2 aromatic rings. The predicted octanol–water partition coefficient (Wildman–Crippen LogP) is 4.34. The summed E-state index contributed by atoms with van der Waals surface area (Å²) in [6.45, 7) is 5.28. The molecule has 2 aliphatic rings. The summed E-state index contributed by atoms with van der Waals surface area (Å²) >= 11 is 0. The summed E-state index contributed by atoms with van der Waals surface area (Å²) in [5.41, 5.74) is 3.19. The van der Waals surface area contributed by atoms with Crippen molar-refractivity contribution < 1.29 is 18.7 Å². The molecule has 0 atom stereocenters. The molecule has 0 unspecified atom stereocenters. The number of carbonyl (C=O) groups is 2. The average Bonchev–Trinajstić information content (AvgIpc) is 3.09. The fraction of sp³-hybridized carbons (Fsp3) is 0.182. The van der Waals surface area contributed by atoms with E-state index in [-0.39, 0.29) is 11.8 Å². The summed E-state index contributed by atoms with van der Waals surface area (Å²) in [6, 6.07) is 11.6. The minimum atomic E-state index is -0.680. The van der Waals surface area contributed by atoms with Crippen molar-refractivity contribution in [1.29, 1.82) is 0 Å². The van der Waals surface area contributed by atoms with Crippen LogP contribution in [0.3, 0.4) is 0 Å². The topological polar surface area (TPSA) is 67.4 Å². The third-order valence-electron chi connectivity index (χ3n) is 4.76. The van der Waals surface area contributed by atoms with Crippen LogP contribution in [0.4, 0.5) is 15.8 Å². The monoisotopic (exact) mass is 378 g/mol. The highest BCUT2D eigenvalue weighted by molar-refractivity contribution is 6.32. The highest BCUT2D eigenvalue weighted by Gasteiger charge is 2.38. The molecule has 2 heterocycles. The molecular weight excluding hydrogens is 359 g/mol. The first-order valence-corrected chi connectivity index (χ1v) is 8.89. The van der Waals surface area contributed by atoms with Gasteiger partial charge in [0.15, 0.2) is 0 Å². The zero-order valence-electron chi connectivity index (χ0n) is 15.7. The van der Waals surface area contributed by atoms with Crippen molar-refractivity contribution in [3.63, 3.8) is 0 Å². The van der Waals surface area contributed by atoms with E-state index in [1.54, 1.807) is 6.07 Å². The van der Waals surface area contributed by atoms with Crippen LogP contribution in [0.25, 0.3) is 11.1 Å². The molecule has 2 amide bonds. The second-order valence-electron chi connectivity index (χ2n) is 7.32. The smallest absolute Gasteiger partial charge is 0.260 e. The minimum Gasteiger partial charge on any atom is -0.482 e. The summed E-state index contributed by atoms with van der Waals surface area (Å²) in [6.07, 6.45) is 1.83. The molecule has 0 spiro atoms. The summed E-state index contributed by atoms with van der Waals surface area (Å²) in [5, 5.41) is 5.45. The van der Waals surface area contributed by atoms with Gasteiger partial charge in [0.05, 0.1) is 11.3 Å². The first-order chi connectivity index (χ1) is 13.2. The van der Waals surface area contributed by atoms with Crippen molar-refractivity contribution in [1.82, 2.24) is 0 Å². The Kier molecular flexibility index (Phi) is 4.07. The highest BCUT2D eigenvalue weighted by Crippen LogP contribution is 2.44. The van der Waals surface area contributed by atoms with Crippen molar-refractivity contribution in [3.05, 3.63) is 71.2 Å². The number of benzene rings is 2. The van der Waals surface area contributed by atoms with Crippen molar-refractivity contribution in [3.8, 4) is 0 Å². The Labute approximate surface area is 161 Å². The number of anilines is 2. The molecule has 142 valence electrons. The van der Waals surface area contributed by atoms with Crippen LogP contribution in [0.5, 0.6) is 0 Å². The molecule has 0 fully saturated rings. The molecule has 2 N–H and O–H groups in total. The Balaban J connectivity index is 1.81. The zero-order valence-corrected chi connectivity index (χ0v) is 15.7. The van der Waals surface area contributed by atoms with Gasteiger partial charge in [-0.05, 0) is 55.8 Å². The van der Waals surface area contributed by atoms with Gasteiger partial charge in [0, 0.05) is 23.7 Å². The Morgan fingerprint density at radius 2 is 1.96 bits per heavy atom. The average molecular weight is 378 g/mol. The lowest BCUT2D eigenvalue weighted by atomic mass is 9.92. The van der Waals surface area contributed by atoms with Crippen LogP contribution in [0.15, 0.2) is 54.3 Å². The van der Waals surface area contributed by atoms with E-state index in [1.807, 2.05) is 44.2 Å². The number of nitrogens with one attached hydrogen (secondary N) is 2. The molecule has 0 bridgehead atoms. The number of halogens is 1. The van der Waals surface area contributed by atoms with E-state index in [9.17, 15) is 14.0 Å². The maximum Gasteiger partial charge on any atom is 0.260 e. The van der Waals surface area contributed by atoms with E-state index in [2.05, 4.69) is 10.6 Å². The normalized spacial score (nSPS) is 19.6. The standard InChI is InChI=1S/C22H19FN2O3/c1-12(26)24-15-6-4-5-13(9-15)17-11-19(28-22(17,2)3)20-16-8-7-14(23)10-18(16)25-21(20)27/h4-11H,1-3H3,(H,24,26)(H,25,27)/b20-19-. The van der Waals surface area contributed by atoms with Gasteiger partial charge >= 0.3 is 0 Å². The second-order valence-corrected chi connectivity index (χ2v) is 7.32. The molecule has 0 saturated heterocycles. The second kappa shape index (κ2) is 6.34. The van der Waals surface area contributed by atoms with Crippen molar-refractivity contribution >= 4 is 34.3 Å². The highest BCUT2D eigenvalue weighted by atomic mass is 19.1. The fourth-order valence-electron chi connectivity index (χ4n) is 3.58.